The molecule has 1 heterocycles. The van der Waals surface area contributed by atoms with Crippen LogP contribution < -0.4 is 0 Å². The molecule has 1 nitrogen and oxygen atoms in total. The minimum absolute atomic E-state index is 0.893. The van der Waals surface area contributed by atoms with E-state index in [2.05, 4.69) is 25.7 Å². The lowest BCUT2D eigenvalue weighted by molar-refractivity contribution is 0.195. The Kier molecular flexibility index (Phi) is 3.38. The standard InChI is InChI=1S/C10H21N/c1-4-9-7-8-10(5-2)11(9)6-3/h9-10H,4-8H2,1-3H3. The van der Waals surface area contributed by atoms with Gasteiger partial charge in [-0.2, -0.15) is 0 Å². The van der Waals surface area contributed by atoms with Gasteiger partial charge in [-0.3, -0.25) is 4.90 Å². The fourth-order valence-electron chi connectivity index (χ4n) is 2.41. The van der Waals surface area contributed by atoms with Crippen LogP contribution in [0.2, 0.25) is 0 Å². The van der Waals surface area contributed by atoms with Crippen molar-refractivity contribution in [1.82, 2.24) is 4.90 Å². The quantitative estimate of drug-likeness (QED) is 0.605. The van der Waals surface area contributed by atoms with Crippen molar-refractivity contribution in [3.63, 3.8) is 0 Å². The van der Waals surface area contributed by atoms with E-state index in [0.717, 1.165) is 12.1 Å². The van der Waals surface area contributed by atoms with Crippen molar-refractivity contribution in [1.29, 1.82) is 0 Å². The molecule has 0 aliphatic carbocycles. The topological polar surface area (TPSA) is 3.24 Å². The maximum atomic E-state index is 2.68. The van der Waals surface area contributed by atoms with E-state index in [1.165, 1.54) is 32.2 Å². The third-order valence-corrected chi connectivity index (χ3v) is 3.08. The molecule has 1 fully saturated rings. The van der Waals surface area contributed by atoms with Gasteiger partial charge in [-0.05, 0) is 32.2 Å². The molecule has 2 atom stereocenters. The van der Waals surface area contributed by atoms with Crippen LogP contribution in [0.1, 0.15) is 46.5 Å². The predicted molar refractivity (Wildman–Crippen MR) is 49.8 cm³/mol. The molecule has 0 radical (unpaired) electrons. The molecule has 0 aromatic rings. The summed E-state index contributed by atoms with van der Waals surface area (Å²) < 4.78 is 0. The average molecular weight is 155 g/mol. The number of hydrogen-bond donors (Lipinski definition) is 0. The lowest BCUT2D eigenvalue weighted by Crippen LogP contribution is -2.35. The normalized spacial score (nSPS) is 33.0. The van der Waals surface area contributed by atoms with Crippen LogP contribution in [0.5, 0.6) is 0 Å². The number of rotatable bonds is 3. The van der Waals surface area contributed by atoms with Crippen molar-refractivity contribution in [2.24, 2.45) is 0 Å². The van der Waals surface area contributed by atoms with Crippen LogP contribution in [0.25, 0.3) is 0 Å². The Morgan fingerprint density at radius 2 is 1.45 bits per heavy atom. The van der Waals surface area contributed by atoms with Gasteiger partial charge >= 0.3 is 0 Å². The summed E-state index contributed by atoms with van der Waals surface area (Å²) in [6, 6.07) is 1.79. The zero-order chi connectivity index (χ0) is 8.27. The van der Waals surface area contributed by atoms with Crippen molar-refractivity contribution in [3.8, 4) is 0 Å². The van der Waals surface area contributed by atoms with Gasteiger partial charge in [0.2, 0.25) is 0 Å². The Morgan fingerprint density at radius 3 is 1.73 bits per heavy atom. The Morgan fingerprint density at radius 1 is 1.00 bits per heavy atom. The molecule has 1 saturated heterocycles. The van der Waals surface area contributed by atoms with E-state index in [1.807, 2.05) is 0 Å². The Balaban J connectivity index is 2.48. The summed E-state index contributed by atoms with van der Waals surface area (Å²) >= 11 is 0. The van der Waals surface area contributed by atoms with Crippen molar-refractivity contribution >= 4 is 0 Å². The number of nitrogens with zero attached hydrogens (tertiary/aromatic N) is 1. The molecule has 0 saturated carbocycles. The van der Waals surface area contributed by atoms with Gasteiger partial charge in [-0.1, -0.05) is 20.8 Å². The minimum atomic E-state index is 0.893. The van der Waals surface area contributed by atoms with Crippen LogP contribution in [0, 0.1) is 0 Å². The maximum absolute atomic E-state index is 2.68. The first-order chi connectivity index (χ1) is 5.33. The summed E-state index contributed by atoms with van der Waals surface area (Å²) in [6.07, 6.45) is 5.54. The molecule has 1 aliphatic heterocycles. The van der Waals surface area contributed by atoms with E-state index >= 15 is 0 Å². The first-order valence-electron chi connectivity index (χ1n) is 5.09. The SMILES string of the molecule is CCC1CCC(CC)N1CC. The van der Waals surface area contributed by atoms with Crippen molar-refractivity contribution in [2.45, 2.75) is 58.5 Å². The monoisotopic (exact) mass is 155 g/mol. The van der Waals surface area contributed by atoms with Crippen molar-refractivity contribution in [2.75, 3.05) is 6.54 Å². The van der Waals surface area contributed by atoms with E-state index in [0.29, 0.717) is 0 Å². The van der Waals surface area contributed by atoms with Crippen molar-refractivity contribution in [3.05, 3.63) is 0 Å². The summed E-state index contributed by atoms with van der Waals surface area (Å²) in [7, 11) is 0. The molecule has 0 aromatic heterocycles. The highest BCUT2D eigenvalue weighted by Crippen LogP contribution is 2.27. The summed E-state index contributed by atoms with van der Waals surface area (Å²) in [5.74, 6) is 0. The first-order valence-corrected chi connectivity index (χ1v) is 5.09. The van der Waals surface area contributed by atoms with Crippen LogP contribution in [0.4, 0.5) is 0 Å². The van der Waals surface area contributed by atoms with E-state index in [-0.39, 0.29) is 0 Å². The Hall–Kier alpha value is -0.0400. The fraction of sp³-hybridized carbons (Fsp3) is 1.00. The largest absolute Gasteiger partial charge is 0.298 e. The number of likely N-dealkylation sites (tertiary alicyclic amines) is 1. The second kappa shape index (κ2) is 4.10. The zero-order valence-electron chi connectivity index (χ0n) is 8.14. The molecule has 66 valence electrons. The highest BCUT2D eigenvalue weighted by molar-refractivity contribution is 4.84. The highest BCUT2D eigenvalue weighted by atomic mass is 15.2. The maximum Gasteiger partial charge on any atom is 0.00960 e. The van der Waals surface area contributed by atoms with Gasteiger partial charge in [-0.25, -0.2) is 0 Å². The summed E-state index contributed by atoms with van der Waals surface area (Å²) in [5, 5.41) is 0. The lowest BCUT2D eigenvalue weighted by atomic mass is 10.1. The van der Waals surface area contributed by atoms with Gasteiger partial charge in [0.15, 0.2) is 0 Å². The first kappa shape index (κ1) is 9.05. The third kappa shape index (κ3) is 1.76. The summed E-state index contributed by atoms with van der Waals surface area (Å²) in [6.45, 7) is 8.16. The molecule has 0 N–H and O–H groups in total. The van der Waals surface area contributed by atoms with Gasteiger partial charge in [-0.15, -0.1) is 0 Å². The van der Waals surface area contributed by atoms with Crippen LogP contribution >= 0.6 is 0 Å². The zero-order valence-corrected chi connectivity index (χ0v) is 8.14. The number of hydrogen-bond acceptors (Lipinski definition) is 1. The average Bonchev–Trinajstić information content (AvgIpc) is 2.45. The second-order valence-corrected chi connectivity index (χ2v) is 3.53. The fourth-order valence-corrected chi connectivity index (χ4v) is 2.41. The van der Waals surface area contributed by atoms with E-state index in [4.69, 9.17) is 0 Å². The Labute approximate surface area is 70.8 Å². The molecular formula is C10H21N. The molecule has 0 amide bonds. The minimum Gasteiger partial charge on any atom is -0.298 e. The van der Waals surface area contributed by atoms with Crippen LogP contribution in [0.15, 0.2) is 0 Å². The van der Waals surface area contributed by atoms with E-state index < -0.39 is 0 Å². The lowest BCUT2D eigenvalue weighted by Gasteiger charge is -2.27. The molecule has 2 unspecified atom stereocenters. The van der Waals surface area contributed by atoms with Gasteiger partial charge < -0.3 is 0 Å². The molecule has 0 aromatic carbocycles. The molecule has 1 aliphatic rings. The van der Waals surface area contributed by atoms with Crippen molar-refractivity contribution < 1.29 is 0 Å². The molecule has 11 heavy (non-hydrogen) atoms. The summed E-state index contributed by atoms with van der Waals surface area (Å²) in [4.78, 5) is 2.68. The molecular weight excluding hydrogens is 134 g/mol. The van der Waals surface area contributed by atoms with Gasteiger partial charge in [0.25, 0.3) is 0 Å². The molecule has 1 rings (SSSR count). The second-order valence-electron chi connectivity index (χ2n) is 3.53. The third-order valence-electron chi connectivity index (χ3n) is 3.08. The predicted octanol–water partition coefficient (Wildman–Crippen LogP) is 2.66. The van der Waals surface area contributed by atoms with E-state index in [9.17, 15) is 0 Å². The molecule has 0 spiro atoms. The van der Waals surface area contributed by atoms with Crippen LogP contribution in [-0.4, -0.2) is 23.5 Å². The Bertz CT molecular complexity index is 99.4. The highest BCUT2D eigenvalue weighted by Gasteiger charge is 2.29. The van der Waals surface area contributed by atoms with Crippen LogP contribution in [0.3, 0.4) is 0 Å². The van der Waals surface area contributed by atoms with Gasteiger partial charge in [0.05, 0.1) is 0 Å². The van der Waals surface area contributed by atoms with Crippen LogP contribution in [-0.2, 0) is 0 Å². The smallest absolute Gasteiger partial charge is 0.00960 e. The molecule has 0 bridgehead atoms. The van der Waals surface area contributed by atoms with Gasteiger partial charge in [0, 0.05) is 12.1 Å². The van der Waals surface area contributed by atoms with E-state index in [1.54, 1.807) is 0 Å². The van der Waals surface area contributed by atoms with Gasteiger partial charge in [0.1, 0.15) is 0 Å². The molecule has 1 heteroatoms. The summed E-state index contributed by atoms with van der Waals surface area (Å²) in [5.41, 5.74) is 0.